The molecule has 1 aliphatic rings. The van der Waals surface area contributed by atoms with E-state index in [9.17, 15) is 8.42 Å². The lowest BCUT2D eigenvalue weighted by atomic mass is 9.95. The number of nitrogens with zero attached hydrogens (tertiary/aromatic N) is 1. The molecule has 0 radical (unpaired) electrons. The van der Waals surface area contributed by atoms with Crippen LogP contribution in [0.5, 0.6) is 0 Å². The van der Waals surface area contributed by atoms with Gasteiger partial charge in [-0.05, 0) is 50.8 Å². The van der Waals surface area contributed by atoms with Crippen molar-refractivity contribution in [3.63, 3.8) is 0 Å². The van der Waals surface area contributed by atoms with Gasteiger partial charge in [0.15, 0.2) is 0 Å². The van der Waals surface area contributed by atoms with Crippen LogP contribution in [0.4, 0.5) is 0 Å². The Morgan fingerprint density at radius 2 is 2.16 bits per heavy atom. The summed E-state index contributed by atoms with van der Waals surface area (Å²) in [4.78, 5) is 1.04. The normalized spacial score (nSPS) is 25.6. The largest absolute Gasteiger partial charge is 0.330 e. The summed E-state index contributed by atoms with van der Waals surface area (Å²) >= 11 is 1.35. The van der Waals surface area contributed by atoms with Crippen molar-refractivity contribution in [3.05, 3.63) is 17.0 Å². The summed E-state index contributed by atoms with van der Waals surface area (Å²) in [5.74, 6) is 0.609. The van der Waals surface area contributed by atoms with E-state index >= 15 is 0 Å². The van der Waals surface area contributed by atoms with Gasteiger partial charge in [0, 0.05) is 17.5 Å². The van der Waals surface area contributed by atoms with Gasteiger partial charge in [-0.25, -0.2) is 8.42 Å². The zero-order chi connectivity index (χ0) is 14.0. The van der Waals surface area contributed by atoms with E-state index in [1.165, 1.54) is 11.3 Å². The number of hydrogen-bond acceptors (Lipinski definition) is 4. The first-order valence-corrected chi connectivity index (χ1v) is 9.01. The summed E-state index contributed by atoms with van der Waals surface area (Å²) in [5.41, 5.74) is 5.51. The van der Waals surface area contributed by atoms with Crippen LogP contribution in [-0.4, -0.2) is 31.9 Å². The average molecular weight is 302 g/mol. The van der Waals surface area contributed by atoms with E-state index in [2.05, 4.69) is 6.92 Å². The Labute approximate surface area is 119 Å². The van der Waals surface area contributed by atoms with Crippen molar-refractivity contribution in [3.8, 4) is 0 Å². The Bertz CT molecular complexity index is 525. The van der Waals surface area contributed by atoms with E-state index in [-0.39, 0.29) is 6.04 Å². The highest BCUT2D eigenvalue weighted by atomic mass is 32.2. The fraction of sp³-hybridized carbons (Fsp3) is 0.692. The molecule has 1 fully saturated rings. The van der Waals surface area contributed by atoms with Gasteiger partial charge in [0.25, 0.3) is 10.0 Å². The molecule has 0 amide bonds. The number of thiophene rings is 1. The molecule has 2 N–H and O–H groups in total. The molecule has 6 heteroatoms. The fourth-order valence-electron chi connectivity index (χ4n) is 2.63. The van der Waals surface area contributed by atoms with Crippen LogP contribution >= 0.6 is 11.3 Å². The molecule has 1 aromatic heterocycles. The molecule has 0 bridgehead atoms. The molecule has 1 saturated heterocycles. The third kappa shape index (κ3) is 3.18. The van der Waals surface area contributed by atoms with Crippen LogP contribution in [0.3, 0.4) is 0 Å². The third-order valence-corrected chi connectivity index (χ3v) is 7.29. The van der Waals surface area contributed by atoms with Crippen LogP contribution in [-0.2, 0) is 16.4 Å². The monoisotopic (exact) mass is 302 g/mol. The second kappa shape index (κ2) is 5.91. The summed E-state index contributed by atoms with van der Waals surface area (Å²) in [7, 11) is -3.32. The van der Waals surface area contributed by atoms with Gasteiger partial charge in [-0.2, -0.15) is 4.31 Å². The first-order chi connectivity index (χ1) is 8.95. The molecule has 2 rings (SSSR count). The molecular weight excluding hydrogens is 280 g/mol. The zero-order valence-corrected chi connectivity index (χ0v) is 13.1. The van der Waals surface area contributed by atoms with Crippen molar-refractivity contribution in [1.29, 1.82) is 0 Å². The lowest BCUT2D eigenvalue weighted by molar-refractivity contribution is 0.220. The van der Waals surface area contributed by atoms with Crippen LogP contribution in [0.25, 0.3) is 0 Å². The summed E-state index contributed by atoms with van der Waals surface area (Å²) in [6.45, 7) is 5.37. The Hall–Kier alpha value is -0.430. The highest BCUT2D eigenvalue weighted by Gasteiger charge is 2.33. The zero-order valence-electron chi connectivity index (χ0n) is 11.5. The van der Waals surface area contributed by atoms with Crippen LogP contribution < -0.4 is 5.73 Å². The smallest absolute Gasteiger partial charge is 0.252 e. The third-order valence-electron chi connectivity index (χ3n) is 3.67. The fourth-order valence-corrected chi connectivity index (χ4v) is 5.79. The van der Waals surface area contributed by atoms with Crippen molar-refractivity contribution >= 4 is 21.4 Å². The second-order valence-electron chi connectivity index (χ2n) is 5.35. The molecule has 4 nitrogen and oxygen atoms in total. The molecule has 19 heavy (non-hydrogen) atoms. The molecule has 0 spiro atoms. The summed E-state index contributed by atoms with van der Waals surface area (Å²) < 4.78 is 27.4. The van der Waals surface area contributed by atoms with Crippen LogP contribution in [0.15, 0.2) is 16.3 Å². The molecule has 2 unspecified atom stereocenters. The van der Waals surface area contributed by atoms with E-state index in [1.54, 1.807) is 10.4 Å². The van der Waals surface area contributed by atoms with Gasteiger partial charge in [0.2, 0.25) is 0 Å². The number of hydrogen-bond donors (Lipinski definition) is 1. The number of nitrogens with two attached hydrogens (primary N) is 1. The summed E-state index contributed by atoms with van der Waals surface area (Å²) in [6.07, 6.45) is 2.64. The van der Waals surface area contributed by atoms with Gasteiger partial charge in [-0.1, -0.05) is 6.92 Å². The Morgan fingerprint density at radius 1 is 1.42 bits per heavy atom. The molecular formula is C13H22N2O2S2. The highest BCUT2D eigenvalue weighted by molar-refractivity contribution is 7.91. The van der Waals surface area contributed by atoms with Crippen LogP contribution in [0, 0.1) is 5.92 Å². The maximum Gasteiger partial charge on any atom is 0.252 e. The maximum atomic E-state index is 12.6. The molecule has 2 heterocycles. The first kappa shape index (κ1) is 15.0. The van der Waals surface area contributed by atoms with Gasteiger partial charge in [0.1, 0.15) is 4.21 Å². The predicted molar refractivity (Wildman–Crippen MR) is 78.8 cm³/mol. The van der Waals surface area contributed by atoms with Gasteiger partial charge in [-0.15, -0.1) is 11.3 Å². The van der Waals surface area contributed by atoms with Gasteiger partial charge >= 0.3 is 0 Å². The minimum absolute atomic E-state index is 0.0915. The Balaban J connectivity index is 2.21. The molecule has 108 valence electrons. The standard InChI is InChI=1S/C13H22N2O2S2/c1-10-6-8-15(11(2)9-10)19(16,17)13-4-3-12(18-13)5-7-14/h3-4,10-11H,5-9,14H2,1-2H3. The summed E-state index contributed by atoms with van der Waals surface area (Å²) in [6, 6.07) is 3.69. The second-order valence-corrected chi connectivity index (χ2v) is 8.64. The van der Waals surface area contributed by atoms with Crippen LogP contribution in [0.2, 0.25) is 0 Å². The Kier molecular flexibility index (Phi) is 4.66. The van der Waals surface area contributed by atoms with Crippen molar-refractivity contribution in [2.24, 2.45) is 11.7 Å². The molecule has 0 aromatic carbocycles. The number of piperidine rings is 1. The minimum atomic E-state index is -3.32. The molecule has 0 aliphatic carbocycles. The molecule has 1 aromatic rings. The topological polar surface area (TPSA) is 63.4 Å². The predicted octanol–water partition coefficient (Wildman–Crippen LogP) is 2.06. The van der Waals surface area contributed by atoms with E-state index in [4.69, 9.17) is 5.73 Å². The molecule has 0 saturated carbocycles. The first-order valence-electron chi connectivity index (χ1n) is 6.75. The van der Waals surface area contributed by atoms with Crippen molar-refractivity contribution < 1.29 is 8.42 Å². The quantitative estimate of drug-likeness (QED) is 0.926. The molecule has 2 atom stereocenters. The average Bonchev–Trinajstić information content (AvgIpc) is 2.78. The van der Waals surface area contributed by atoms with Crippen molar-refractivity contribution in [2.45, 2.75) is 43.4 Å². The lowest BCUT2D eigenvalue weighted by Crippen LogP contribution is -2.43. The van der Waals surface area contributed by atoms with E-state index in [1.807, 2.05) is 13.0 Å². The van der Waals surface area contributed by atoms with Gasteiger partial charge < -0.3 is 5.73 Å². The number of rotatable bonds is 4. The maximum absolute atomic E-state index is 12.6. The number of sulfonamides is 1. The van der Waals surface area contributed by atoms with Gasteiger partial charge in [0.05, 0.1) is 0 Å². The SMILES string of the molecule is CC1CCN(S(=O)(=O)c2ccc(CCN)s2)C(C)C1. The van der Waals surface area contributed by atoms with E-state index < -0.39 is 10.0 Å². The van der Waals surface area contributed by atoms with Crippen molar-refractivity contribution in [1.82, 2.24) is 4.31 Å². The molecule has 1 aliphatic heterocycles. The Morgan fingerprint density at radius 3 is 2.79 bits per heavy atom. The van der Waals surface area contributed by atoms with Crippen LogP contribution in [0.1, 0.15) is 31.6 Å². The highest BCUT2D eigenvalue weighted by Crippen LogP contribution is 2.31. The lowest BCUT2D eigenvalue weighted by Gasteiger charge is -2.35. The summed E-state index contributed by atoms with van der Waals surface area (Å²) in [5, 5.41) is 0. The van der Waals surface area contributed by atoms with E-state index in [0.29, 0.717) is 23.2 Å². The van der Waals surface area contributed by atoms with Crippen molar-refractivity contribution in [2.75, 3.05) is 13.1 Å². The minimum Gasteiger partial charge on any atom is -0.330 e. The van der Waals surface area contributed by atoms with Gasteiger partial charge in [-0.3, -0.25) is 0 Å². The van der Waals surface area contributed by atoms with E-state index in [0.717, 1.165) is 24.1 Å².